The van der Waals surface area contributed by atoms with Crippen LogP contribution in [0.3, 0.4) is 0 Å². The first-order valence-corrected chi connectivity index (χ1v) is 7.84. The standard InChI is InChI=1S/C12H17BrN2O2S/c1-14(7-4-8-18-2)9-10-5-3-6-11(12(10)13)15(16)17/h3,5-6H,4,7-9H2,1-2H3. The molecule has 0 aromatic heterocycles. The molecule has 1 aromatic rings. The highest BCUT2D eigenvalue weighted by Crippen LogP contribution is 2.28. The molecule has 0 aliphatic rings. The summed E-state index contributed by atoms with van der Waals surface area (Å²) < 4.78 is 0.590. The molecule has 0 fully saturated rings. The van der Waals surface area contributed by atoms with Gasteiger partial charge < -0.3 is 4.90 Å². The lowest BCUT2D eigenvalue weighted by molar-refractivity contribution is -0.385. The maximum absolute atomic E-state index is 10.8. The summed E-state index contributed by atoms with van der Waals surface area (Å²) in [5.41, 5.74) is 1.08. The highest BCUT2D eigenvalue weighted by Gasteiger charge is 2.15. The van der Waals surface area contributed by atoms with E-state index < -0.39 is 0 Å². The van der Waals surface area contributed by atoms with Crippen molar-refractivity contribution in [3.05, 3.63) is 38.3 Å². The van der Waals surface area contributed by atoms with Crippen molar-refractivity contribution < 1.29 is 4.92 Å². The van der Waals surface area contributed by atoms with Crippen molar-refractivity contribution in [2.75, 3.05) is 25.6 Å². The molecule has 1 aromatic carbocycles. The zero-order valence-corrected chi connectivity index (χ0v) is 13.0. The van der Waals surface area contributed by atoms with E-state index in [0.717, 1.165) is 30.8 Å². The fraction of sp³-hybridized carbons (Fsp3) is 0.500. The van der Waals surface area contributed by atoms with Crippen LogP contribution >= 0.6 is 27.7 Å². The van der Waals surface area contributed by atoms with E-state index in [2.05, 4.69) is 27.1 Å². The number of halogens is 1. The van der Waals surface area contributed by atoms with E-state index in [9.17, 15) is 10.1 Å². The van der Waals surface area contributed by atoms with Gasteiger partial charge in [-0.1, -0.05) is 12.1 Å². The highest BCUT2D eigenvalue weighted by molar-refractivity contribution is 9.10. The molecule has 0 atom stereocenters. The van der Waals surface area contributed by atoms with Gasteiger partial charge in [0.25, 0.3) is 5.69 Å². The molecule has 0 N–H and O–H groups in total. The summed E-state index contributed by atoms with van der Waals surface area (Å²) in [6.07, 6.45) is 3.22. The molecule has 0 unspecified atom stereocenters. The van der Waals surface area contributed by atoms with Crippen molar-refractivity contribution in [2.45, 2.75) is 13.0 Å². The maximum atomic E-state index is 10.8. The van der Waals surface area contributed by atoms with Crippen LogP contribution in [0.4, 0.5) is 5.69 Å². The average molecular weight is 333 g/mol. The number of hydrogen-bond donors (Lipinski definition) is 0. The Kier molecular flexibility index (Phi) is 6.67. The van der Waals surface area contributed by atoms with Crippen LogP contribution in [0.1, 0.15) is 12.0 Å². The number of benzene rings is 1. The van der Waals surface area contributed by atoms with Gasteiger partial charge in [0.1, 0.15) is 0 Å². The van der Waals surface area contributed by atoms with Gasteiger partial charge in [0.05, 0.1) is 9.40 Å². The summed E-state index contributed by atoms with van der Waals surface area (Å²) in [6.45, 7) is 1.71. The molecule has 0 bridgehead atoms. The quantitative estimate of drug-likeness (QED) is 0.435. The summed E-state index contributed by atoms with van der Waals surface area (Å²) in [4.78, 5) is 12.7. The second-order valence-corrected chi connectivity index (χ2v) is 5.87. The van der Waals surface area contributed by atoms with Crippen molar-refractivity contribution in [1.29, 1.82) is 0 Å². The minimum atomic E-state index is -0.360. The Morgan fingerprint density at radius 3 is 2.83 bits per heavy atom. The number of nitro benzene ring substituents is 1. The third-order valence-electron chi connectivity index (χ3n) is 2.58. The van der Waals surface area contributed by atoms with Crippen LogP contribution < -0.4 is 0 Å². The molecule has 0 heterocycles. The average Bonchev–Trinajstić information content (AvgIpc) is 2.32. The Morgan fingerprint density at radius 2 is 2.22 bits per heavy atom. The van der Waals surface area contributed by atoms with Crippen LogP contribution in [-0.2, 0) is 6.54 Å². The lowest BCUT2D eigenvalue weighted by atomic mass is 10.2. The van der Waals surface area contributed by atoms with Crippen molar-refractivity contribution in [1.82, 2.24) is 4.90 Å². The molecule has 0 saturated carbocycles. The molecule has 100 valence electrons. The van der Waals surface area contributed by atoms with Crippen molar-refractivity contribution in [2.24, 2.45) is 0 Å². The molecule has 1 rings (SSSR count). The third-order valence-corrected chi connectivity index (χ3v) is 4.20. The second-order valence-electron chi connectivity index (χ2n) is 4.09. The number of nitro groups is 1. The van der Waals surface area contributed by atoms with Crippen LogP contribution in [0.25, 0.3) is 0 Å². The van der Waals surface area contributed by atoms with Crippen molar-refractivity contribution in [3.63, 3.8) is 0 Å². The third kappa shape index (κ3) is 4.59. The monoisotopic (exact) mass is 332 g/mol. The molecule has 0 saturated heterocycles. The lowest BCUT2D eigenvalue weighted by Crippen LogP contribution is -2.20. The minimum absolute atomic E-state index is 0.130. The molecular formula is C12H17BrN2O2S. The van der Waals surface area contributed by atoms with Crippen LogP contribution in [0.5, 0.6) is 0 Å². The molecule has 0 spiro atoms. The molecule has 0 aliphatic heterocycles. The van der Waals surface area contributed by atoms with E-state index in [1.807, 2.05) is 24.9 Å². The molecule has 4 nitrogen and oxygen atoms in total. The largest absolute Gasteiger partial charge is 0.302 e. The first kappa shape index (κ1) is 15.5. The number of thioether (sulfide) groups is 1. The molecule has 0 radical (unpaired) electrons. The Hall–Kier alpha value is -0.590. The van der Waals surface area contributed by atoms with Gasteiger partial charge in [-0.3, -0.25) is 10.1 Å². The van der Waals surface area contributed by atoms with Crippen molar-refractivity contribution >= 4 is 33.4 Å². The smallest absolute Gasteiger partial charge is 0.283 e. The van der Waals surface area contributed by atoms with Gasteiger partial charge in [0.2, 0.25) is 0 Å². The number of rotatable bonds is 7. The van der Waals surface area contributed by atoms with Gasteiger partial charge in [-0.2, -0.15) is 11.8 Å². The maximum Gasteiger partial charge on any atom is 0.283 e. The normalized spacial score (nSPS) is 10.9. The Morgan fingerprint density at radius 1 is 1.50 bits per heavy atom. The first-order valence-electron chi connectivity index (χ1n) is 5.65. The molecule has 0 amide bonds. The molecule has 6 heteroatoms. The molecule has 18 heavy (non-hydrogen) atoms. The summed E-state index contributed by atoms with van der Waals surface area (Å²) in [5.74, 6) is 1.14. The fourth-order valence-corrected chi connectivity index (χ4v) is 2.63. The van der Waals surface area contributed by atoms with Crippen LogP contribution in [-0.4, -0.2) is 35.4 Å². The Bertz CT molecular complexity index is 415. The zero-order valence-electron chi connectivity index (χ0n) is 10.6. The van der Waals surface area contributed by atoms with E-state index >= 15 is 0 Å². The molecular weight excluding hydrogens is 316 g/mol. The SMILES string of the molecule is CSCCCN(C)Cc1cccc([N+](=O)[O-])c1Br. The van der Waals surface area contributed by atoms with Gasteiger partial charge in [-0.05, 0) is 53.5 Å². The van der Waals surface area contributed by atoms with Gasteiger partial charge in [-0.25, -0.2) is 0 Å². The Labute approximate surface area is 120 Å². The van der Waals surface area contributed by atoms with Crippen LogP contribution in [0, 0.1) is 10.1 Å². The van der Waals surface area contributed by atoms with E-state index in [-0.39, 0.29) is 10.6 Å². The number of hydrogen-bond acceptors (Lipinski definition) is 4. The topological polar surface area (TPSA) is 46.4 Å². The molecule has 0 aliphatic carbocycles. The summed E-state index contributed by atoms with van der Waals surface area (Å²) in [7, 11) is 2.03. The predicted octanol–water partition coefficient (Wildman–Crippen LogP) is 3.54. The first-order chi connectivity index (χ1) is 8.56. The van der Waals surface area contributed by atoms with Crippen LogP contribution in [0.15, 0.2) is 22.7 Å². The summed E-state index contributed by atoms with van der Waals surface area (Å²) in [5, 5.41) is 10.8. The lowest BCUT2D eigenvalue weighted by Gasteiger charge is -2.17. The fourth-order valence-electron chi connectivity index (χ4n) is 1.68. The minimum Gasteiger partial charge on any atom is -0.302 e. The highest BCUT2D eigenvalue weighted by atomic mass is 79.9. The second kappa shape index (κ2) is 7.76. The number of nitrogens with zero attached hydrogens (tertiary/aromatic N) is 2. The summed E-state index contributed by atoms with van der Waals surface area (Å²) >= 11 is 5.15. The predicted molar refractivity (Wildman–Crippen MR) is 80.1 cm³/mol. The van der Waals surface area contributed by atoms with Crippen LogP contribution in [0.2, 0.25) is 0 Å². The van der Waals surface area contributed by atoms with E-state index in [1.165, 1.54) is 6.07 Å². The van der Waals surface area contributed by atoms with Gasteiger partial charge in [0, 0.05) is 12.6 Å². The van der Waals surface area contributed by atoms with Gasteiger partial charge >= 0.3 is 0 Å². The van der Waals surface area contributed by atoms with E-state index in [1.54, 1.807) is 6.07 Å². The summed E-state index contributed by atoms with van der Waals surface area (Å²) in [6, 6.07) is 5.16. The van der Waals surface area contributed by atoms with Gasteiger partial charge in [0.15, 0.2) is 0 Å². The van der Waals surface area contributed by atoms with E-state index in [0.29, 0.717) is 4.47 Å². The zero-order chi connectivity index (χ0) is 13.5. The van der Waals surface area contributed by atoms with E-state index in [4.69, 9.17) is 0 Å². The van der Waals surface area contributed by atoms with Gasteiger partial charge in [-0.15, -0.1) is 0 Å². The Balaban J connectivity index is 2.67. The van der Waals surface area contributed by atoms with Crippen molar-refractivity contribution in [3.8, 4) is 0 Å².